The van der Waals surface area contributed by atoms with Gasteiger partial charge in [0.15, 0.2) is 0 Å². The molecule has 100 valence electrons. The second kappa shape index (κ2) is 7.59. The topological polar surface area (TPSA) is 64.3 Å². The van der Waals surface area contributed by atoms with Crippen LogP contribution in [0.15, 0.2) is 28.7 Å². The molecule has 1 rings (SSSR count). The van der Waals surface area contributed by atoms with E-state index in [2.05, 4.69) is 26.9 Å². The molecule has 0 aliphatic rings. The van der Waals surface area contributed by atoms with E-state index in [0.717, 1.165) is 28.3 Å². The number of benzene rings is 1. The number of nitriles is 1. The van der Waals surface area contributed by atoms with Crippen molar-refractivity contribution in [1.82, 2.24) is 0 Å². The van der Waals surface area contributed by atoms with Gasteiger partial charge in [0, 0.05) is 29.3 Å². The van der Waals surface area contributed by atoms with Crippen LogP contribution in [0.25, 0.3) is 6.08 Å². The summed E-state index contributed by atoms with van der Waals surface area (Å²) in [6, 6.07) is 7.81. The van der Waals surface area contributed by atoms with Crippen LogP contribution in [0.3, 0.4) is 0 Å². The molecule has 0 saturated heterocycles. The molecule has 0 amide bonds. The molecule has 0 saturated carbocycles. The average Bonchev–Trinajstić information content (AvgIpc) is 2.38. The lowest BCUT2D eigenvalue weighted by Gasteiger charge is -2.24. The van der Waals surface area contributed by atoms with Crippen LogP contribution in [0.2, 0.25) is 0 Å². The first-order valence-electron chi connectivity index (χ1n) is 5.91. The summed E-state index contributed by atoms with van der Waals surface area (Å²) in [4.78, 5) is 12.7. The molecule has 1 aromatic carbocycles. The Hall–Kier alpha value is -1.80. The third-order valence-corrected chi connectivity index (χ3v) is 3.10. The van der Waals surface area contributed by atoms with Crippen molar-refractivity contribution in [2.75, 3.05) is 18.0 Å². The molecule has 1 aromatic rings. The standard InChI is InChI=1S/C14H15BrN2O2/c1-2-17(9-3-8-16)13-6-5-12(15)10-11(13)4-7-14(18)19/h4-7,10H,2-3,9H2,1H3,(H,18,19)/b7-4+. The third-order valence-electron chi connectivity index (χ3n) is 2.61. The SMILES string of the molecule is CCN(CCC#N)c1ccc(Br)cc1/C=C/C(=O)O. The zero-order valence-corrected chi connectivity index (χ0v) is 12.2. The molecule has 5 heteroatoms. The Labute approximate surface area is 121 Å². The average molecular weight is 323 g/mol. The van der Waals surface area contributed by atoms with Gasteiger partial charge in [0.25, 0.3) is 0 Å². The lowest BCUT2D eigenvalue weighted by Crippen LogP contribution is -2.24. The zero-order valence-electron chi connectivity index (χ0n) is 10.6. The number of rotatable bonds is 6. The maximum Gasteiger partial charge on any atom is 0.328 e. The molecule has 0 aromatic heterocycles. The highest BCUT2D eigenvalue weighted by Gasteiger charge is 2.08. The Morgan fingerprint density at radius 3 is 2.89 bits per heavy atom. The Morgan fingerprint density at radius 2 is 2.32 bits per heavy atom. The molecule has 0 fully saturated rings. The van der Waals surface area contributed by atoms with Gasteiger partial charge in [-0.25, -0.2) is 4.79 Å². The van der Waals surface area contributed by atoms with E-state index in [4.69, 9.17) is 10.4 Å². The van der Waals surface area contributed by atoms with Crippen LogP contribution in [0.4, 0.5) is 5.69 Å². The predicted molar refractivity (Wildman–Crippen MR) is 78.9 cm³/mol. The maximum absolute atomic E-state index is 10.6. The van der Waals surface area contributed by atoms with E-state index in [0.29, 0.717) is 13.0 Å². The van der Waals surface area contributed by atoms with E-state index in [1.54, 1.807) is 6.08 Å². The fraction of sp³-hybridized carbons (Fsp3) is 0.286. The summed E-state index contributed by atoms with van der Waals surface area (Å²) in [5.41, 5.74) is 1.75. The molecule has 19 heavy (non-hydrogen) atoms. The van der Waals surface area contributed by atoms with Crippen LogP contribution < -0.4 is 4.90 Å². The molecule has 0 bridgehead atoms. The molecule has 0 spiro atoms. The van der Waals surface area contributed by atoms with Gasteiger partial charge in [-0.3, -0.25) is 0 Å². The molecule has 1 N–H and O–H groups in total. The summed E-state index contributed by atoms with van der Waals surface area (Å²) in [5, 5.41) is 17.4. The molecule has 0 aliphatic carbocycles. The van der Waals surface area contributed by atoms with E-state index in [1.807, 2.05) is 25.1 Å². The van der Waals surface area contributed by atoms with Crippen LogP contribution in [0.1, 0.15) is 18.9 Å². The number of nitrogens with zero attached hydrogens (tertiary/aromatic N) is 2. The zero-order chi connectivity index (χ0) is 14.3. The minimum atomic E-state index is -0.981. The number of hydrogen-bond acceptors (Lipinski definition) is 3. The van der Waals surface area contributed by atoms with Crippen molar-refractivity contribution >= 4 is 33.7 Å². The van der Waals surface area contributed by atoms with Gasteiger partial charge in [-0.05, 0) is 36.8 Å². The quantitative estimate of drug-likeness (QED) is 0.816. The predicted octanol–water partition coefficient (Wildman–Crippen LogP) is 3.29. The first kappa shape index (κ1) is 15.3. The Bertz CT molecular complexity index is 521. The van der Waals surface area contributed by atoms with Gasteiger partial charge in [0.2, 0.25) is 0 Å². The molecule has 0 atom stereocenters. The van der Waals surface area contributed by atoms with E-state index in [-0.39, 0.29) is 0 Å². The summed E-state index contributed by atoms with van der Waals surface area (Å²) in [5.74, 6) is -0.981. The largest absolute Gasteiger partial charge is 0.478 e. The fourth-order valence-corrected chi connectivity index (χ4v) is 2.12. The molecular formula is C14H15BrN2O2. The van der Waals surface area contributed by atoms with Crippen LogP contribution in [-0.2, 0) is 4.79 Å². The van der Waals surface area contributed by atoms with Crippen molar-refractivity contribution in [2.45, 2.75) is 13.3 Å². The lowest BCUT2D eigenvalue weighted by atomic mass is 10.1. The van der Waals surface area contributed by atoms with E-state index < -0.39 is 5.97 Å². The lowest BCUT2D eigenvalue weighted by molar-refractivity contribution is -0.131. The van der Waals surface area contributed by atoms with Crippen molar-refractivity contribution in [2.24, 2.45) is 0 Å². The number of anilines is 1. The number of hydrogen-bond donors (Lipinski definition) is 1. The van der Waals surface area contributed by atoms with Crippen molar-refractivity contribution in [3.63, 3.8) is 0 Å². The highest BCUT2D eigenvalue weighted by atomic mass is 79.9. The Balaban J connectivity index is 3.10. The van der Waals surface area contributed by atoms with Crippen molar-refractivity contribution < 1.29 is 9.90 Å². The van der Waals surface area contributed by atoms with Crippen LogP contribution in [0.5, 0.6) is 0 Å². The summed E-state index contributed by atoms with van der Waals surface area (Å²) >= 11 is 3.37. The molecule has 4 nitrogen and oxygen atoms in total. The first-order chi connectivity index (χ1) is 9.08. The highest BCUT2D eigenvalue weighted by molar-refractivity contribution is 9.10. The van der Waals surface area contributed by atoms with E-state index in [9.17, 15) is 4.79 Å². The van der Waals surface area contributed by atoms with Crippen LogP contribution >= 0.6 is 15.9 Å². The van der Waals surface area contributed by atoms with Crippen molar-refractivity contribution in [1.29, 1.82) is 5.26 Å². The molecule has 0 aliphatic heterocycles. The number of carboxylic acid groups (broad SMARTS) is 1. The molecule has 0 unspecified atom stereocenters. The van der Waals surface area contributed by atoms with Gasteiger partial charge in [-0.1, -0.05) is 15.9 Å². The summed E-state index contributed by atoms with van der Waals surface area (Å²) < 4.78 is 0.887. The Kier molecular flexibility index (Phi) is 6.10. The summed E-state index contributed by atoms with van der Waals surface area (Å²) in [6.07, 6.45) is 3.12. The maximum atomic E-state index is 10.6. The second-order valence-corrected chi connectivity index (χ2v) is 4.78. The van der Waals surface area contributed by atoms with Gasteiger partial charge in [0.05, 0.1) is 12.5 Å². The molecule has 0 heterocycles. The third kappa shape index (κ3) is 4.76. The Morgan fingerprint density at radius 1 is 1.58 bits per heavy atom. The number of halogens is 1. The molecule has 0 radical (unpaired) electrons. The van der Waals surface area contributed by atoms with E-state index >= 15 is 0 Å². The van der Waals surface area contributed by atoms with E-state index in [1.165, 1.54) is 0 Å². The van der Waals surface area contributed by atoms with Crippen molar-refractivity contribution in [3.8, 4) is 6.07 Å². The summed E-state index contributed by atoms with van der Waals surface area (Å²) in [7, 11) is 0. The van der Waals surface area contributed by atoms with Gasteiger partial charge in [-0.2, -0.15) is 5.26 Å². The van der Waals surface area contributed by atoms with Gasteiger partial charge in [0.1, 0.15) is 0 Å². The van der Waals surface area contributed by atoms with Crippen LogP contribution in [0, 0.1) is 11.3 Å². The fourth-order valence-electron chi connectivity index (χ4n) is 1.74. The van der Waals surface area contributed by atoms with Crippen molar-refractivity contribution in [3.05, 3.63) is 34.3 Å². The second-order valence-electron chi connectivity index (χ2n) is 3.86. The van der Waals surface area contributed by atoms with Gasteiger partial charge in [-0.15, -0.1) is 0 Å². The minimum absolute atomic E-state index is 0.436. The monoisotopic (exact) mass is 322 g/mol. The smallest absolute Gasteiger partial charge is 0.328 e. The van der Waals surface area contributed by atoms with Gasteiger partial charge < -0.3 is 10.0 Å². The minimum Gasteiger partial charge on any atom is -0.478 e. The normalized spacial score (nSPS) is 10.4. The summed E-state index contributed by atoms with van der Waals surface area (Å²) in [6.45, 7) is 3.39. The van der Waals surface area contributed by atoms with Crippen LogP contribution in [-0.4, -0.2) is 24.2 Å². The first-order valence-corrected chi connectivity index (χ1v) is 6.70. The number of carbonyl (C=O) groups is 1. The van der Waals surface area contributed by atoms with Gasteiger partial charge >= 0.3 is 5.97 Å². The number of carboxylic acids is 1. The number of aliphatic carboxylic acids is 1. The molecular weight excluding hydrogens is 308 g/mol. The highest BCUT2D eigenvalue weighted by Crippen LogP contribution is 2.26.